The number of esters is 1. The average molecular weight is 502 g/mol. The molecule has 0 saturated heterocycles. The molecule has 0 aliphatic carbocycles. The predicted octanol–water partition coefficient (Wildman–Crippen LogP) is 4.04. The summed E-state index contributed by atoms with van der Waals surface area (Å²) in [6.07, 6.45) is -0.356. The van der Waals surface area contributed by atoms with Crippen molar-refractivity contribution in [3.8, 4) is 11.4 Å². The molecular formula is C23H27N5O4S2. The molecule has 180 valence electrons. The topological polar surface area (TPSA) is 129 Å². The van der Waals surface area contributed by atoms with Gasteiger partial charge in [-0.05, 0) is 46.2 Å². The maximum absolute atomic E-state index is 12.7. The molecule has 2 amide bonds. The van der Waals surface area contributed by atoms with Gasteiger partial charge in [-0.15, -0.1) is 21.5 Å². The third-order valence-corrected chi connectivity index (χ3v) is 7.00. The van der Waals surface area contributed by atoms with Gasteiger partial charge in [0, 0.05) is 12.1 Å². The van der Waals surface area contributed by atoms with E-state index in [-0.39, 0.29) is 33.2 Å². The molecule has 0 aliphatic heterocycles. The number of thiophene rings is 1. The second-order valence-electron chi connectivity index (χ2n) is 7.84. The number of anilines is 1. The quantitative estimate of drug-likeness (QED) is 0.334. The van der Waals surface area contributed by atoms with E-state index in [0.29, 0.717) is 17.3 Å². The van der Waals surface area contributed by atoms with Gasteiger partial charge >= 0.3 is 5.97 Å². The Balaban J connectivity index is 1.78. The van der Waals surface area contributed by atoms with Gasteiger partial charge in [0.05, 0.1) is 22.3 Å². The summed E-state index contributed by atoms with van der Waals surface area (Å²) in [7, 11) is 0. The SMILES string of the molecule is CCn1c(SCC(=O)Nc2sc(C(N)=O)c(C)c2C(=O)OC(C)C)nnc1-c1cccc(C)c1. The van der Waals surface area contributed by atoms with Gasteiger partial charge in [0.2, 0.25) is 5.91 Å². The molecule has 3 N–H and O–H groups in total. The molecule has 11 heteroatoms. The molecule has 0 radical (unpaired) electrons. The van der Waals surface area contributed by atoms with Crippen molar-refractivity contribution in [2.75, 3.05) is 11.1 Å². The lowest BCUT2D eigenvalue weighted by Gasteiger charge is -2.10. The Morgan fingerprint density at radius 3 is 2.59 bits per heavy atom. The van der Waals surface area contributed by atoms with E-state index in [2.05, 4.69) is 15.5 Å². The van der Waals surface area contributed by atoms with Crippen LogP contribution >= 0.6 is 23.1 Å². The molecule has 0 fully saturated rings. The summed E-state index contributed by atoms with van der Waals surface area (Å²) < 4.78 is 7.23. The fourth-order valence-corrected chi connectivity index (χ4v) is 5.19. The molecular weight excluding hydrogens is 474 g/mol. The third-order valence-electron chi connectivity index (χ3n) is 4.81. The van der Waals surface area contributed by atoms with E-state index in [0.717, 1.165) is 28.3 Å². The molecule has 2 aromatic heterocycles. The van der Waals surface area contributed by atoms with E-state index in [1.165, 1.54) is 11.8 Å². The van der Waals surface area contributed by atoms with Gasteiger partial charge in [0.1, 0.15) is 5.00 Å². The monoisotopic (exact) mass is 501 g/mol. The van der Waals surface area contributed by atoms with Crippen LogP contribution < -0.4 is 11.1 Å². The lowest BCUT2D eigenvalue weighted by atomic mass is 10.1. The van der Waals surface area contributed by atoms with Crippen LogP contribution in [0.25, 0.3) is 11.4 Å². The highest BCUT2D eigenvalue weighted by atomic mass is 32.2. The van der Waals surface area contributed by atoms with Crippen molar-refractivity contribution in [2.24, 2.45) is 5.73 Å². The number of nitrogens with two attached hydrogens (primary N) is 1. The van der Waals surface area contributed by atoms with Crippen LogP contribution in [0.3, 0.4) is 0 Å². The van der Waals surface area contributed by atoms with Crippen LogP contribution in [-0.2, 0) is 16.1 Å². The zero-order valence-electron chi connectivity index (χ0n) is 19.7. The van der Waals surface area contributed by atoms with Gasteiger partial charge in [-0.1, -0.05) is 35.5 Å². The highest BCUT2D eigenvalue weighted by molar-refractivity contribution is 7.99. The molecule has 3 rings (SSSR count). The fraction of sp³-hybridized carbons (Fsp3) is 0.348. The molecule has 0 spiro atoms. The number of thioether (sulfide) groups is 1. The van der Waals surface area contributed by atoms with Gasteiger partial charge in [0.15, 0.2) is 11.0 Å². The Kier molecular flexibility index (Phi) is 8.11. The highest BCUT2D eigenvalue weighted by Crippen LogP contribution is 2.34. The number of carbonyl (C=O) groups is 3. The summed E-state index contributed by atoms with van der Waals surface area (Å²) in [5, 5.41) is 12.1. The van der Waals surface area contributed by atoms with Crippen LogP contribution in [0, 0.1) is 13.8 Å². The molecule has 0 saturated carbocycles. The maximum atomic E-state index is 12.7. The van der Waals surface area contributed by atoms with Crippen LogP contribution in [0.4, 0.5) is 5.00 Å². The van der Waals surface area contributed by atoms with Crippen molar-refractivity contribution < 1.29 is 19.1 Å². The highest BCUT2D eigenvalue weighted by Gasteiger charge is 2.26. The summed E-state index contributed by atoms with van der Waals surface area (Å²) in [5.41, 5.74) is 8.04. The first kappa shape index (κ1) is 25.4. The molecule has 2 heterocycles. The lowest BCUT2D eigenvalue weighted by molar-refractivity contribution is -0.113. The van der Waals surface area contributed by atoms with Gasteiger partial charge in [-0.2, -0.15) is 0 Å². The fourth-order valence-electron chi connectivity index (χ4n) is 3.33. The van der Waals surface area contributed by atoms with Crippen LogP contribution in [0.2, 0.25) is 0 Å². The van der Waals surface area contributed by atoms with E-state index in [1.807, 2.05) is 42.7 Å². The van der Waals surface area contributed by atoms with Gasteiger partial charge in [0.25, 0.3) is 5.91 Å². The smallest absolute Gasteiger partial charge is 0.341 e. The average Bonchev–Trinajstić information content (AvgIpc) is 3.32. The molecule has 0 bridgehead atoms. The Morgan fingerprint density at radius 2 is 1.97 bits per heavy atom. The number of ether oxygens (including phenoxy) is 1. The summed E-state index contributed by atoms with van der Waals surface area (Å²) >= 11 is 2.20. The second-order valence-corrected chi connectivity index (χ2v) is 9.80. The van der Waals surface area contributed by atoms with Crippen molar-refractivity contribution >= 4 is 45.9 Å². The standard InChI is InChI=1S/C23H27N5O4S2/c1-6-28-20(15-9-7-8-13(4)10-15)26-27-23(28)33-11-16(29)25-21-17(22(31)32-12(2)3)14(5)18(34-21)19(24)30/h7-10,12H,6,11H2,1-5H3,(H2,24,30)(H,25,29). The van der Waals surface area contributed by atoms with Crippen molar-refractivity contribution in [3.05, 3.63) is 45.8 Å². The summed E-state index contributed by atoms with van der Waals surface area (Å²) in [4.78, 5) is 37.3. The number of hydrogen-bond acceptors (Lipinski definition) is 8. The number of nitrogens with zero attached hydrogens (tertiary/aromatic N) is 3. The molecule has 9 nitrogen and oxygen atoms in total. The van der Waals surface area contributed by atoms with E-state index >= 15 is 0 Å². The minimum absolute atomic E-state index is 0.0352. The first-order chi connectivity index (χ1) is 16.1. The summed E-state index contributed by atoms with van der Waals surface area (Å²) in [5.74, 6) is -0.882. The number of hydrogen-bond donors (Lipinski definition) is 2. The van der Waals surface area contributed by atoms with Crippen molar-refractivity contribution in [1.29, 1.82) is 0 Å². The number of nitrogens with one attached hydrogen (secondary N) is 1. The van der Waals surface area contributed by atoms with Gasteiger partial charge < -0.3 is 20.4 Å². The predicted molar refractivity (Wildman–Crippen MR) is 133 cm³/mol. The van der Waals surface area contributed by atoms with Crippen molar-refractivity contribution in [1.82, 2.24) is 14.8 Å². The molecule has 34 heavy (non-hydrogen) atoms. The second kappa shape index (κ2) is 10.8. The number of primary amides is 1. The van der Waals surface area contributed by atoms with E-state index in [4.69, 9.17) is 10.5 Å². The number of aryl methyl sites for hydroxylation is 1. The molecule has 0 aliphatic rings. The van der Waals surface area contributed by atoms with Crippen LogP contribution in [-0.4, -0.2) is 44.4 Å². The zero-order valence-corrected chi connectivity index (χ0v) is 21.3. The Labute approximate surface area is 206 Å². The molecule has 1 aromatic carbocycles. The Bertz CT molecular complexity index is 1230. The number of benzene rings is 1. The number of rotatable bonds is 9. The van der Waals surface area contributed by atoms with Crippen molar-refractivity contribution in [2.45, 2.75) is 52.4 Å². The summed E-state index contributed by atoms with van der Waals surface area (Å²) in [6, 6.07) is 7.98. The maximum Gasteiger partial charge on any atom is 0.341 e. The molecule has 0 unspecified atom stereocenters. The number of aromatic nitrogens is 3. The van der Waals surface area contributed by atoms with Crippen LogP contribution in [0.15, 0.2) is 29.4 Å². The summed E-state index contributed by atoms with van der Waals surface area (Å²) in [6.45, 7) is 9.68. The first-order valence-corrected chi connectivity index (χ1v) is 12.5. The molecule has 0 atom stereocenters. The van der Waals surface area contributed by atoms with E-state index < -0.39 is 11.9 Å². The van der Waals surface area contributed by atoms with E-state index in [9.17, 15) is 14.4 Å². The normalized spacial score (nSPS) is 11.0. The minimum atomic E-state index is -0.671. The third kappa shape index (κ3) is 5.65. The molecule has 3 aromatic rings. The van der Waals surface area contributed by atoms with Crippen LogP contribution in [0.1, 0.15) is 51.9 Å². The zero-order chi connectivity index (χ0) is 25.0. The number of carbonyl (C=O) groups excluding carboxylic acids is 3. The van der Waals surface area contributed by atoms with Gasteiger partial charge in [-0.3, -0.25) is 9.59 Å². The minimum Gasteiger partial charge on any atom is -0.459 e. The van der Waals surface area contributed by atoms with Crippen molar-refractivity contribution in [3.63, 3.8) is 0 Å². The first-order valence-electron chi connectivity index (χ1n) is 10.7. The number of amides is 2. The van der Waals surface area contributed by atoms with E-state index in [1.54, 1.807) is 20.8 Å². The lowest BCUT2D eigenvalue weighted by Crippen LogP contribution is -2.18. The largest absolute Gasteiger partial charge is 0.459 e. The van der Waals surface area contributed by atoms with Gasteiger partial charge in [-0.25, -0.2) is 4.79 Å². The van der Waals surface area contributed by atoms with Crippen LogP contribution in [0.5, 0.6) is 0 Å². The Hall–Kier alpha value is -3.18. The Morgan fingerprint density at radius 1 is 1.24 bits per heavy atom.